The van der Waals surface area contributed by atoms with Crippen molar-refractivity contribution in [3.05, 3.63) is 76.9 Å². The molecule has 0 heterocycles. The van der Waals surface area contributed by atoms with E-state index < -0.39 is 0 Å². The van der Waals surface area contributed by atoms with Crippen LogP contribution in [0.15, 0.2) is 54.6 Å². The van der Waals surface area contributed by atoms with Crippen LogP contribution in [-0.4, -0.2) is 0 Å². The van der Waals surface area contributed by atoms with Gasteiger partial charge >= 0.3 is 0 Å². The van der Waals surface area contributed by atoms with E-state index >= 15 is 0 Å². The lowest BCUT2D eigenvalue weighted by Crippen LogP contribution is -2.01. The monoisotopic (exact) mass is 298 g/mol. The number of hydrogen-bond acceptors (Lipinski definition) is 0. The molecule has 0 heteroatoms. The SMILES string of the molecule is CCCC1=CCC=Cc2c1c1c(c3ccccc23)C=CC=CC1. The Hall–Kier alpha value is -2.34. The Balaban J connectivity index is 2.15. The van der Waals surface area contributed by atoms with Crippen molar-refractivity contribution in [3.63, 3.8) is 0 Å². The normalized spacial score (nSPS) is 15.8. The van der Waals surface area contributed by atoms with Crippen LogP contribution < -0.4 is 0 Å². The predicted octanol–water partition coefficient (Wildman–Crippen LogP) is 6.57. The van der Waals surface area contributed by atoms with Gasteiger partial charge < -0.3 is 0 Å². The van der Waals surface area contributed by atoms with Crippen LogP contribution in [0, 0.1) is 0 Å². The van der Waals surface area contributed by atoms with Crippen LogP contribution in [0.5, 0.6) is 0 Å². The van der Waals surface area contributed by atoms with Crippen molar-refractivity contribution in [2.75, 3.05) is 0 Å². The van der Waals surface area contributed by atoms with Gasteiger partial charge in [0.05, 0.1) is 0 Å². The molecule has 0 atom stereocenters. The molecular weight excluding hydrogens is 276 g/mol. The highest BCUT2D eigenvalue weighted by atomic mass is 14.2. The number of benzene rings is 2. The molecule has 2 aliphatic carbocycles. The molecule has 0 aromatic heterocycles. The van der Waals surface area contributed by atoms with Crippen LogP contribution in [0.1, 0.15) is 48.4 Å². The molecule has 2 aliphatic rings. The largest absolute Gasteiger partial charge is 0.0801 e. The number of allylic oxidation sites excluding steroid dienone is 6. The second kappa shape index (κ2) is 6.04. The van der Waals surface area contributed by atoms with Crippen molar-refractivity contribution in [1.29, 1.82) is 0 Å². The standard InChI is InChI=1S/C23H22/c1-2-10-17-11-6-7-16-22-20-14-9-8-13-18(20)19-12-4-3-5-15-21(19)23(17)22/h3-5,7-9,11-14,16H,2,6,10,15H2,1H3. The fraction of sp³-hybridized carbons (Fsp3) is 0.217. The molecule has 0 amide bonds. The zero-order chi connectivity index (χ0) is 15.6. The first-order valence-corrected chi connectivity index (χ1v) is 8.67. The summed E-state index contributed by atoms with van der Waals surface area (Å²) in [7, 11) is 0. The summed E-state index contributed by atoms with van der Waals surface area (Å²) >= 11 is 0. The van der Waals surface area contributed by atoms with Crippen LogP contribution in [0.2, 0.25) is 0 Å². The van der Waals surface area contributed by atoms with Crippen LogP contribution in [-0.2, 0) is 6.42 Å². The lowest BCUT2D eigenvalue weighted by molar-refractivity contribution is 0.967. The van der Waals surface area contributed by atoms with Gasteiger partial charge in [0.2, 0.25) is 0 Å². The van der Waals surface area contributed by atoms with Gasteiger partial charge in [0.15, 0.2) is 0 Å². The first-order chi connectivity index (χ1) is 11.4. The molecule has 0 N–H and O–H groups in total. The van der Waals surface area contributed by atoms with Gasteiger partial charge in [-0.1, -0.05) is 80.1 Å². The summed E-state index contributed by atoms with van der Waals surface area (Å²) in [5.74, 6) is 0. The highest BCUT2D eigenvalue weighted by Gasteiger charge is 2.19. The molecule has 114 valence electrons. The zero-order valence-corrected chi connectivity index (χ0v) is 13.7. The Morgan fingerprint density at radius 2 is 1.74 bits per heavy atom. The summed E-state index contributed by atoms with van der Waals surface area (Å²) in [5, 5.41) is 2.76. The molecule has 0 aliphatic heterocycles. The number of rotatable bonds is 2. The minimum Gasteiger partial charge on any atom is -0.0801 e. The second-order valence-electron chi connectivity index (χ2n) is 6.34. The molecule has 0 radical (unpaired) electrons. The van der Waals surface area contributed by atoms with Crippen molar-refractivity contribution >= 4 is 28.5 Å². The van der Waals surface area contributed by atoms with Crippen LogP contribution in [0.4, 0.5) is 0 Å². The summed E-state index contributed by atoms with van der Waals surface area (Å²) in [4.78, 5) is 0. The minimum atomic E-state index is 1.02. The van der Waals surface area contributed by atoms with Crippen LogP contribution in [0.25, 0.3) is 28.5 Å². The van der Waals surface area contributed by atoms with Crippen LogP contribution in [0.3, 0.4) is 0 Å². The quantitative estimate of drug-likeness (QED) is 0.588. The summed E-state index contributed by atoms with van der Waals surface area (Å²) in [6.07, 6.45) is 20.4. The first kappa shape index (κ1) is 14.3. The molecule has 4 rings (SSSR count). The zero-order valence-electron chi connectivity index (χ0n) is 13.7. The average molecular weight is 298 g/mol. The number of hydrogen-bond donors (Lipinski definition) is 0. The third-order valence-corrected chi connectivity index (χ3v) is 4.86. The van der Waals surface area contributed by atoms with Crippen molar-refractivity contribution < 1.29 is 0 Å². The van der Waals surface area contributed by atoms with Gasteiger partial charge in [-0.15, -0.1) is 0 Å². The smallest absolute Gasteiger partial charge is 0.00819 e. The van der Waals surface area contributed by atoms with E-state index in [0.717, 1.165) is 19.3 Å². The fourth-order valence-corrected chi connectivity index (χ4v) is 3.90. The lowest BCUT2D eigenvalue weighted by Gasteiger charge is -2.20. The molecule has 0 saturated heterocycles. The van der Waals surface area contributed by atoms with Gasteiger partial charge in [0.1, 0.15) is 0 Å². The fourth-order valence-electron chi connectivity index (χ4n) is 3.90. The van der Waals surface area contributed by atoms with Gasteiger partial charge in [0, 0.05) is 0 Å². The maximum Gasteiger partial charge on any atom is -0.00819 e. The molecule has 0 spiro atoms. The molecular formula is C23H22. The number of fused-ring (bicyclic) bond motifs is 6. The maximum absolute atomic E-state index is 2.43. The molecule has 2 aromatic carbocycles. The van der Waals surface area contributed by atoms with Gasteiger partial charge in [-0.25, -0.2) is 0 Å². The van der Waals surface area contributed by atoms with Gasteiger partial charge in [-0.05, 0) is 57.9 Å². The lowest BCUT2D eigenvalue weighted by atomic mass is 9.83. The third kappa shape index (κ3) is 2.39. The molecule has 0 bridgehead atoms. The van der Waals surface area contributed by atoms with E-state index in [1.54, 1.807) is 0 Å². The Kier molecular flexibility index (Phi) is 3.75. The average Bonchev–Trinajstić information content (AvgIpc) is 2.94. The van der Waals surface area contributed by atoms with Crippen molar-refractivity contribution in [2.45, 2.75) is 32.6 Å². The van der Waals surface area contributed by atoms with E-state index in [1.165, 1.54) is 45.0 Å². The molecule has 23 heavy (non-hydrogen) atoms. The van der Waals surface area contributed by atoms with Gasteiger partial charge in [0.25, 0.3) is 0 Å². The van der Waals surface area contributed by atoms with Crippen LogP contribution >= 0.6 is 0 Å². The summed E-state index contributed by atoms with van der Waals surface area (Å²) in [5.41, 5.74) is 7.33. The third-order valence-electron chi connectivity index (χ3n) is 4.86. The maximum atomic E-state index is 2.43. The van der Waals surface area contributed by atoms with E-state index in [4.69, 9.17) is 0 Å². The first-order valence-electron chi connectivity index (χ1n) is 8.67. The van der Waals surface area contributed by atoms with E-state index in [2.05, 4.69) is 73.7 Å². The molecule has 2 aromatic rings. The Morgan fingerprint density at radius 3 is 2.57 bits per heavy atom. The Morgan fingerprint density at radius 1 is 0.913 bits per heavy atom. The topological polar surface area (TPSA) is 0 Å². The van der Waals surface area contributed by atoms with Gasteiger partial charge in [-0.2, -0.15) is 0 Å². The predicted molar refractivity (Wildman–Crippen MR) is 102 cm³/mol. The minimum absolute atomic E-state index is 1.02. The van der Waals surface area contributed by atoms with E-state index in [0.29, 0.717) is 0 Å². The summed E-state index contributed by atoms with van der Waals surface area (Å²) in [6.45, 7) is 2.28. The summed E-state index contributed by atoms with van der Waals surface area (Å²) < 4.78 is 0. The van der Waals surface area contributed by atoms with E-state index in [-0.39, 0.29) is 0 Å². The van der Waals surface area contributed by atoms with Crippen molar-refractivity contribution in [3.8, 4) is 0 Å². The van der Waals surface area contributed by atoms with E-state index in [9.17, 15) is 0 Å². The van der Waals surface area contributed by atoms with Crippen molar-refractivity contribution in [2.24, 2.45) is 0 Å². The highest BCUT2D eigenvalue weighted by molar-refractivity contribution is 6.03. The Bertz CT molecular complexity index is 873. The molecule has 0 nitrogen and oxygen atoms in total. The van der Waals surface area contributed by atoms with Crippen molar-refractivity contribution in [1.82, 2.24) is 0 Å². The Labute approximate surface area is 138 Å². The molecule has 0 unspecified atom stereocenters. The van der Waals surface area contributed by atoms with Gasteiger partial charge in [-0.3, -0.25) is 0 Å². The summed E-state index contributed by atoms with van der Waals surface area (Å²) in [6, 6.07) is 8.87. The highest BCUT2D eigenvalue weighted by Crippen LogP contribution is 2.40. The molecule has 0 fully saturated rings. The molecule has 0 saturated carbocycles. The second-order valence-corrected chi connectivity index (χ2v) is 6.34. The van der Waals surface area contributed by atoms with E-state index in [1.807, 2.05) is 0 Å².